The molecule has 0 aliphatic heterocycles. The Kier molecular flexibility index (Phi) is 6.90. The smallest absolute Gasteiger partial charge is 0.127 e. The predicted octanol–water partition coefficient (Wildman–Crippen LogP) is 7.00. The molecule has 1 aromatic rings. The number of halogens is 2. The monoisotopic (exact) mass is 422 g/mol. The van der Waals surface area contributed by atoms with E-state index in [4.69, 9.17) is 0 Å². The van der Waals surface area contributed by atoms with Crippen molar-refractivity contribution in [1.82, 2.24) is 0 Å². The number of fused-ring (bicyclic) bond motifs is 1. The van der Waals surface area contributed by atoms with Gasteiger partial charge in [0.05, 0.1) is 5.60 Å². The van der Waals surface area contributed by atoms with Gasteiger partial charge in [0.15, 0.2) is 0 Å². The first-order valence-electron chi connectivity index (χ1n) is 9.66. The van der Waals surface area contributed by atoms with Gasteiger partial charge in [0, 0.05) is 9.89 Å². The van der Waals surface area contributed by atoms with Gasteiger partial charge < -0.3 is 5.11 Å². The number of aliphatic hydroxyl groups is 1. The summed E-state index contributed by atoms with van der Waals surface area (Å²) < 4.78 is 15.4. The van der Waals surface area contributed by atoms with Crippen LogP contribution in [0.1, 0.15) is 69.6 Å². The molecule has 0 spiro atoms. The zero-order valence-electron chi connectivity index (χ0n) is 16.5. The largest absolute Gasteiger partial charge is 0.384 e. The van der Waals surface area contributed by atoms with Crippen LogP contribution in [0.3, 0.4) is 0 Å². The Morgan fingerprint density at radius 2 is 2.04 bits per heavy atom. The fourth-order valence-corrected chi connectivity index (χ4v) is 5.05. The number of benzene rings is 1. The molecule has 1 aliphatic carbocycles. The van der Waals surface area contributed by atoms with Gasteiger partial charge >= 0.3 is 0 Å². The van der Waals surface area contributed by atoms with E-state index in [2.05, 4.69) is 55.4 Å². The Morgan fingerprint density at radius 3 is 2.65 bits per heavy atom. The molecule has 0 saturated carbocycles. The maximum Gasteiger partial charge on any atom is 0.127 e. The van der Waals surface area contributed by atoms with Crippen LogP contribution in [-0.2, 0) is 12.0 Å². The fraction of sp³-hybridized carbons (Fsp3) is 0.565. The molecule has 0 aromatic heterocycles. The van der Waals surface area contributed by atoms with Gasteiger partial charge in [0.2, 0.25) is 0 Å². The molecule has 2 atom stereocenters. The third kappa shape index (κ3) is 3.71. The zero-order chi connectivity index (χ0) is 19.5. The van der Waals surface area contributed by atoms with Gasteiger partial charge in [-0.3, -0.25) is 0 Å². The highest BCUT2D eigenvalue weighted by Gasteiger charge is 2.56. The molecule has 2 rings (SSSR count). The molecule has 2 unspecified atom stereocenters. The quantitative estimate of drug-likeness (QED) is 0.447. The first kappa shape index (κ1) is 21.4. The molecule has 0 radical (unpaired) electrons. The van der Waals surface area contributed by atoms with Crippen molar-refractivity contribution in [2.75, 3.05) is 0 Å². The molecular weight excluding hydrogens is 391 g/mol. The number of hydrogen-bond acceptors (Lipinski definition) is 1. The summed E-state index contributed by atoms with van der Waals surface area (Å²) in [5.74, 6) is -0.105. The van der Waals surface area contributed by atoms with Crippen molar-refractivity contribution in [2.24, 2.45) is 11.3 Å². The van der Waals surface area contributed by atoms with E-state index < -0.39 is 11.0 Å². The predicted molar refractivity (Wildman–Crippen MR) is 112 cm³/mol. The van der Waals surface area contributed by atoms with E-state index >= 15 is 0 Å². The van der Waals surface area contributed by atoms with E-state index in [1.165, 1.54) is 0 Å². The summed E-state index contributed by atoms with van der Waals surface area (Å²) in [4.78, 5) is 0. The van der Waals surface area contributed by atoms with Gasteiger partial charge in [0.25, 0.3) is 0 Å². The molecule has 1 aromatic carbocycles. The highest BCUT2D eigenvalue weighted by Crippen LogP contribution is 2.58. The molecule has 3 heteroatoms. The van der Waals surface area contributed by atoms with E-state index in [0.29, 0.717) is 12.0 Å². The van der Waals surface area contributed by atoms with Gasteiger partial charge in [0.1, 0.15) is 5.82 Å². The van der Waals surface area contributed by atoms with E-state index in [9.17, 15) is 9.50 Å². The second-order valence-corrected chi connectivity index (χ2v) is 9.06. The maximum atomic E-state index is 14.7. The van der Waals surface area contributed by atoms with Gasteiger partial charge in [-0.15, -0.1) is 6.58 Å². The van der Waals surface area contributed by atoms with Crippen LogP contribution in [0.4, 0.5) is 4.39 Å². The normalized spacial score (nSPS) is 22.6. The molecule has 1 N–H and O–H groups in total. The third-order valence-electron chi connectivity index (χ3n) is 5.99. The Morgan fingerprint density at radius 1 is 1.35 bits per heavy atom. The lowest BCUT2D eigenvalue weighted by Gasteiger charge is -2.44. The van der Waals surface area contributed by atoms with E-state index in [-0.39, 0.29) is 11.7 Å². The summed E-state index contributed by atoms with van der Waals surface area (Å²) in [6.45, 7) is 12.0. The minimum absolute atomic E-state index is 0.101. The third-order valence-corrected chi connectivity index (χ3v) is 6.81. The van der Waals surface area contributed by atoms with Crippen molar-refractivity contribution in [3.8, 4) is 0 Å². The standard InChI is InChI=1S/C23H32BrFO/c1-6-8-9-10-11-13-17(12-7-2)23(26)21-16(3)19(24)14-20(25)18(21)15-22(23,4)5/h6,9-10,14,17,26H,1,7-8,11-13,15H2,2-5H3/b10-9+. The van der Waals surface area contributed by atoms with Crippen LogP contribution in [-0.4, -0.2) is 5.11 Å². The first-order valence-corrected chi connectivity index (χ1v) is 10.5. The minimum atomic E-state index is -1.01. The lowest BCUT2D eigenvalue weighted by molar-refractivity contribution is -0.113. The van der Waals surface area contributed by atoms with E-state index in [1.807, 2.05) is 13.0 Å². The highest BCUT2D eigenvalue weighted by atomic mass is 79.9. The molecule has 0 saturated heterocycles. The second-order valence-electron chi connectivity index (χ2n) is 8.20. The van der Waals surface area contributed by atoms with Crippen molar-refractivity contribution >= 4 is 15.9 Å². The molecular formula is C23H32BrFO. The number of allylic oxidation sites excluding steroid dienone is 3. The van der Waals surface area contributed by atoms with Crippen LogP contribution in [0.25, 0.3) is 0 Å². The second kappa shape index (κ2) is 8.39. The molecule has 0 bridgehead atoms. The Labute approximate surface area is 166 Å². The topological polar surface area (TPSA) is 20.2 Å². The molecule has 1 aliphatic rings. The van der Waals surface area contributed by atoms with Gasteiger partial charge in [-0.25, -0.2) is 4.39 Å². The Balaban J connectivity index is 2.47. The lowest BCUT2D eigenvalue weighted by Crippen LogP contribution is -2.45. The first-order chi connectivity index (χ1) is 12.2. The zero-order valence-corrected chi connectivity index (χ0v) is 18.1. The molecule has 0 fully saturated rings. The van der Waals surface area contributed by atoms with Gasteiger partial charge in [-0.05, 0) is 67.7 Å². The molecule has 1 nitrogen and oxygen atoms in total. The summed E-state index contributed by atoms with van der Waals surface area (Å²) in [5.41, 5.74) is 1.08. The van der Waals surface area contributed by atoms with Crippen LogP contribution in [0.15, 0.2) is 35.3 Å². The van der Waals surface area contributed by atoms with Crippen LogP contribution in [0.2, 0.25) is 0 Å². The average molecular weight is 423 g/mol. The van der Waals surface area contributed by atoms with Crippen molar-refractivity contribution < 1.29 is 9.50 Å². The van der Waals surface area contributed by atoms with Crippen LogP contribution in [0.5, 0.6) is 0 Å². The molecule has 144 valence electrons. The van der Waals surface area contributed by atoms with Gasteiger partial charge in [-0.1, -0.05) is 61.4 Å². The lowest BCUT2D eigenvalue weighted by atomic mass is 9.65. The van der Waals surface area contributed by atoms with Gasteiger partial charge in [-0.2, -0.15) is 0 Å². The maximum absolute atomic E-state index is 14.7. The summed E-state index contributed by atoms with van der Waals surface area (Å²) in [6, 6.07) is 1.54. The van der Waals surface area contributed by atoms with E-state index in [0.717, 1.165) is 47.7 Å². The number of hydrogen-bond donors (Lipinski definition) is 1. The van der Waals surface area contributed by atoms with E-state index in [1.54, 1.807) is 6.07 Å². The molecule has 0 heterocycles. The molecule has 0 amide bonds. The molecule has 26 heavy (non-hydrogen) atoms. The summed E-state index contributed by atoms with van der Waals surface area (Å²) in [7, 11) is 0. The summed E-state index contributed by atoms with van der Waals surface area (Å²) >= 11 is 3.49. The average Bonchev–Trinajstić information content (AvgIpc) is 2.79. The summed E-state index contributed by atoms with van der Waals surface area (Å²) in [5, 5.41) is 12.1. The van der Waals surface area contributed by atoms with Crippen molar-refractivity contribution in [1.29, 1.82) is 0 Å². The number of rotatable bonds is 8. The van der Waals surface area contributed by atoms with Crippen molar-refractivity contribution in [2.45, 2.75) is 71.8 Å². The Hall–Kier alpha value is -0.930. The van der Waals surface area contributed by atoms with Crippen molar-refractivity contribution in [3.05, 3.63) is 57.9 Å². The summed E-state index contributed by atoms with van der Waals surface area (Å²) in [6.07, 6.45) is 11.4. The van der Waals surface area contributed by atoms with Crippen LogP contribution in [0, 0.1) is 24.1 Å². The fourth-order valence-electron chi connectivity index (χ4n) is 4.65. The minimum Gasteiger partial charge on any atom is -0.384 e. The van der Waals surface area contributed by atoms with Crippen LogP contribution >= 0.6 is 15.9 Å². The van der Waals surface area contributed by atoms with Crippen LogP contribution < -0.4 is 0 Å². The SMILES string of the molecule is C=CC/C=C/CCC(CCC)C1(O)c2c(C)c(Br)cc(F)c2CC1(C)C. The van der Waals surface area contributed by atoms with Crippen molar-refractivity contribution in [3.63, 3.8) is 0 Å². The highest BCUT2D eigenvalue weighted by molar-refractivity contribution is 9.10. The Bertz CT molecular complexity index is 692.